The lowest BCUT2D eigenvalue weighted by molar-refractivity contribution is -0.150. The average molecular weight is 571 g/mol. The summed E-state index contributed by atoms with van der Waals surface area (Å²) in [6.07, 6.45) is 9.60. The van der Waals surface area contributed by atoms with Gasteiger partial charge in [0, 0.05) is 29.7 Å². The highest BCUT2D eigenvalue weighted by Gasteiger charge is 2.55. The van der Waals surface area contributed by atoms with Gasteiger partial charge in [-0.05, 0) is 43.3 Å². The molecule has 204 valence electrons. The number of nitrogens with one attached hydrogen (secondary N) is 2. The second kappa shape index (κ2) is 11.1. The molecule has 1 aromatic rings. The quantitative estimate of drug-likeness (QED) is 0.117. The number of terminal acetylenes is 1. The van der Waals surface area contributed by atoms with E-state index in [9.17, 15) is 24.3 Å². The van der Waals surface area contributed by atoms with Gasteiger partial charge in [0.25, 0.3) is 11.8 Å². The van der Waals surface area contributed by atoms with Crippen molar-refractivity contribution in [3.8, 4) is 12.3 Å². The molecule has 3 amide bonds. The number of aromatic nitrogens is 1. The Balaban J connectivity index is 1.40. The van der Waals surface area contributed by atoms with E-state index in [4.69, 9.17) is 17.0 Å². The van der Waals surface area contributed by atoms with E-state index in [-0.39, 0.29) is 46.4 Å². The standard InChI is InChI=1S/C25H26N6O6S2/c1-2-5-13(14-8-9-27-20(14)32)15-10-38-23-18(22(34)31(23)19(15)24(35)36)29-21(33)17(16-11-39-25(26)28-16)30-37-12-6-3-4-7-12/h1,11-12,18,23H,3-10H2,(H2,26,28)(H,27,32)(H,29,33)(H,35,36)/t18-,23-/m1/s1. The number of anilines is 1. The van der Waals surface area contributed by atoms with Crippen molar-refractivity contribution in [1.29, 1.82) is 0 Å². The molecule has 3 aliphatic heterocycles. The van der Waals surface area contributed by atoms with Crippen molar-refractivity contribution >= 4 is 57.6 Å². The molecule has 14 heteroatoms. The van der Waals surface area contributed by atoms with Crippen molar-refractivity contribution in [2.45, 2.75) is 56.0 Å². The molecule has 5 N–H and O–H groups in total. The van der Waals surface area contributed by atoms with E-state index < -0.39 is 29.2 Å². The number of allylic oxidation sites excluding steroid dienone is 1. The molecule has 0 unspecified atom stereocenters. The molecule has 4 aliphatic rings. The highest BCUT2D eigenvalue weighted by Crippen LogP contribution is 2.43. The minimum Gasteiger partial charge on any atom is -0.477 e. The lowest BCUT2D eigenvalue weighted by Gasteiger charge is -2.49. The first-order chi connectivity index (χ1) is 18.8. The first-order valence-electron chi connectivity index (χ1n) is 12.4. The number of fused-ring (bicyclic) bond motifs is 1. The number of nitrogen functional groups attached to an aromatic ring is 1. The summed E-state index contributed by atoms with van der Waals surface area (Å²) in [5, 5.41) is 20.7. The highest BCUT2D eigenvalue weighted by molar-refractivity contribution is 8.00. The zero-order valence-corrected chi connectivity index (χ0v) is 22.4. The predicted molar refractivity (Wildman–Crippen MR) is 144 cm³/mol. The Bertz CT molecular complexity index is 1370. The Morgan fingerprint density at radius 3 is 2.74 bits per heavy atom. The van der Waals surface area contributed by atoms with Gasteiger partial charge in [-0.15, -0.1) is 35.4 Å². The van der Waals surface area contributed by atoms with Crippen LogP contribution in [0.2, 0.25) is 0 Å². The van der Waals surface area contributed by atoms with Crippen molar-refractivity contribution in [2.75, 3.05) is 18.0 Å². The number of hydrogen-bond donors (Lipinski definition) is 4. The fourth-order valence-electron chi connectivity index (χ4n) is 5.09. The number of carboxylic acid groups (broad SMARTS) is 1. The third kappa shape index (κ3) is 5.11. The third-order valence-corrected chi connectivity index (χ3v) is 8.93. The largest absolute Gasteiger partial charge is 0.477 e. The lowest BCUT2D eigenvalue weighted by atomic mass is 9.93. The van der Waals surface area contributed by atoms with Crippen LogP contribution < -0.4 is 16.4 Å². The minimum absolute atomic E-state index is 0.0554. The van der Waals surface area contributed by atoms with Crippen molar-refractivity contribution in [3.05, 3.63) is 33.5 Å². The average Bonchev–Trinajstić information content (AvgIpc) is 3.68. The van der Waals surface area contributed by atoms with Crippen LogP contribution in [0.25, 0.3) is 0 Å². The lowest BCUT2D eigenvalue weighted by Crippen LogP contribution is -2.71. The van der Waals surface area contributed by atoms with Gasteiger partial charge in [-0.1, -0.05) is 5.16 Å². The first kappa shape index (κ1) is 26.8. The molecule has 0 radical (unpaired) electrons. The van der Waals surface area contributed by atoms with E-state index in [1.165, 1.54) is 11.8 Å². The highest BCUT2D eigenvalue weighted by atomic mass is 32.2. The number of amides is 3. The summed E-state index contributed by atoms with van der Waals surface area (Å²) in [5.74, 6) is -0.178. The van der Waals surface area contributed by atoms with Crippen molar-refractivity contribution in [1.82, 2.24) is 20.5 Å². The number of carboxylic acids is 1. The Kier molecular flexibility index (Phi) is 7.62. The molecular weight excluding hydrogens is 544 g/mol. The molecule has 3 fully saturated rings. The van der Waals surface area contributed by atoms with Crippen LogP contribution in [0.4, 0.5) is 5.13 Å². The van der Waals surface area contributed by atoms with Gasteiger partial charge >= 0.3 is 5.97 Å². The maximum atomic E-state index is 13.3. The van der Waals surface area contributed by atoms with E-state index in [0.717, 1.165) is 41.9 Å². The molecule has 0 spiro atoms. The van der Waals surface area contributed by atoms with Gasteiger partial charge in [0.05, 0.1) is 0 Å². The summed E-state index contributed by atoms with van der Waals surface area (Å²) in [6.45, 7) is 0.434. The van der Waals surface area contributed by atoms with E-state index in [1.807, 2.05) is 0 Å². The van der Waals surface area contributed by atoms with Gasteiger partial charge in [0.15, 0.2) is 10.8 Å². The number of β-lactam (4-membered cyclic amide) rings is 1. The smallest absolute Gasteiger partial charge is 0.352 e. The minimum atomic E-state index is -1.31. The molecular formula is C25H26N6O6S2. The number of carbonyl (C=O) groups excluding carboxylic acids is 3. The number of oxime groups is 1. The maximum absolute atomic E-state index is 13.3. The zero-order valence-electron chi connectivity index (χ0n) is 20.8. The van der Waals surface area contributed by atoms with Crippen LogP contribution in [-0.2, 0) is 24.0 Å². The van der Waals surface area contributed by atoms with Crippen molar-refractivity contribution in [3.63, 3.8) is 0 Å². The fourth-order valence-corrected chi connectivity index (χ4v) is 7.02. The number of aliphatic carboxylic acids is 1. The summed E-state index contributed by atoms with van der Waals surface area (Å²) in [5.41, 5.74) is 6.88. The topological polar surface area (TPSA) is 176 Å². The van der Waals surface area contributed by atoms with Crippen molar-refractivity contribution in [2.24, 2.45) is 5.16 Å². The SMILES string of the molecule is C#CCC(=C1CCNC1=O)C1=C(C(=O)O)N2C(=O)[C@@H](NC(=O)C(=NOC3CCCC3)c3csc(N)n3)[C@H]2SC1. The van der Waals surface area contributed by atoms with Crippen LogP contribution in [0.5, 0.6) is 0 Å². The van der Waals surface area contributed by atoms with Gasteiger partial charge in [-0.25, -0.2) is 9.78 Å². The fraction of sp³-hybridized carbons (Fsp3) is 0.440. The summed E-state index contributed by atoms with van der Waals surface area (Å²) < 4.78 is 0. The Labute approximate surface area is 232 Å². The second-order valence-electron chi connectivity index (χ2n) is 9.36. The number of thioether (sulfide) groups is 1. The van der Waals surface area contributed by atoms with Crippen LogP contribution in [0.1, 0.15) is 44.2 Å². The monoisotopic (exact) mass is 570 g/mol. The molecule has 1 aliphatic carbocycles. The van der Waals surface area contributed by atoms with Gasteiger partial charge in [-0.3, -0.25) is 19.3 Å². The Hall–Kier alpha value is -3.83. The molecule has 1 saturated carbocycles. The number of rotatable bonds is 8. The van der Waals surface area contributed by atoms with Crippen LogP contribution in [0.3, 0.4) is 0 Å². The number of nitrogens with zero attached hydrogens (tertiary/aromatic N) is 3. The molecule has 2 saturated heterocycles. The normalized spacial score (nSPS) is 24.6. The van der Waals surface area contributed by atoms with Crippen LogP contribution in [-0.4, -0.2) is 74.2 Å². The van der Waals surface area contributed by atoms with Gasteiger partial charge < -0.3 is 26.3 Å². The molecule has 0 aromatic carbocycles. The van der Waals surface area contributed by atoms with Gasteiger partial charge in [0.2, 0.25) is 5.91 Å². The summed E-state index contributed by atoms with van der Waals surface area (Å²) in [6, 6.07) is -0.996. The zero-order chi connectivity index (χ0) is 27.7. The Morgan fingerprint density at radius 2 is 2.13 bits per heavy atom. The number of nitrogens with two attached hydrogens (primary N) is 1. The molecule has 39 heavy (non-hydrogen) atoms. The summed E-state index contributed by atoms with van der Waals surface area (Å²) in [7, 11) is 0. The number of thiazole rings is 1. The molecule has 0 bridgehead atoms. The summed E-state index contributed by atoms with van der Waals surface area (Å²) in [4.78, 5) is 62.1. The second-order valence-corrected chi connectivity index (χ2v) is 11.4. The molecule has 12 nitrogen and oxygen atoms in total. The number of hydrogen-bond acceptors (Lipinski definition) is 10. The number of carbonyl (C=O) groups is 4. The van der Waals surface area contributed by atoms with E-state index in [1.54, 1.807) is 5.38 Å². The van der Waals surface area contributed by atoms with Gasteiger partial charge in [0.1, 0.15) is 28.9 Å². The van der Waals surface area contributed by atoms with Crippen LogP contribution in [0, 0.1) is 12.3 Å². The molecule has 1 aromatic heterocycles. The molecule has 2 atom stereocenters. The van der Waals surface area contributed by atoms with Crippen LogP contribution in [0.15, 0.2) is 33.0 Å². The summed E-state index contributed by atoms with van der Waals surface area (Å²) >= 11 is 2.43. The first-order valence-corrected chi connectivity index (χ1v) is 14.3. The predicted octanol–water partition coefficient (Wildman–Crippen LogP) is 0.967. The van der Waals surface area contributed by atoms with Gasteiger partial charge in [-0.2, -0.15) is 0 Å². The molecule has 4 heterocycles. The molecule has 5 rings (SSSR count). The Morgan fingerprint density at radius 1 is 1.36 bits per heavy atom. The van der Waals surface area contributed by atoms with Crippen LogP contribution >= 0.6 is 23.1 Å². The third-order valence-electron chi connectivity index (χ3n) is 6.97. The van der Waals surface area contributed by atoms with Crippen molar-refractivity contribution < 1.29 is 29.1 Å². The van der Waals surface area contributed by atoms with E-state index in [2.05, 4.69) is 26.7 Å². The maximum Gasteiger partial charge on any atom is 0.352 e. The van der Waals surface area contributed by atoms with E-state index in [0.29, 0.717) is 29.7 Å². The van der Waals surface area contributed by atoms with E-state index >= 15 is 0 Å².